The molecule has 0 spiro atoms. The molecule has 3 rings (SSSR count). The van der Waals surface area contributed by atoms with E-state index in [0.29, 0.717) is 18.2 Å². The molecule has 1 aromatic heterocycles. The molecule has 0 aliphatic rings. The minimum Gasteiger partial charge on any atom is -0.340 e. The van der Waals surface area contributed by atoms with Crippen molar-refractivity contribution in [2.45, 2.75) is 26.9 Å². The number of anilines is 1. The van der Waals surface area contributed by atoms with E-state index in [1.165, 1.54) is 11.1 Å². The van der Waals surface area contributed by atoms with Gasteiger partial charge < -0.3 is 10.2 Å². The third-order valence-electron chi connectivity index (χ3n) is 4.51. The zero-order valence-corrected chi connectivity index (χ0v) is 17.1. The van der Waals surface area contributed by atoms with Gasteiger partial charge in [0.1, 0.15) is 0 Å². The van der Waals surface area contributed by atoms with Crippen molar-refractivity contribution < 1.29 is 4.98 Å². The molecular formula is C22H23ClN3S+. The summed E-state index contributed by atoms with van der Waals surface area (Å²) in [6, 6.07) is 18.2. The lowest BCUT2D eigenvalue weighted by atomic mass is 10.1. The number of benzene rings is 2. The van der Waals surface area contributed by atoms with Gasteiger partial charge in [0, 0.05) is 28.9 Å². The Labute approximate surface area is 171 Å². The second kappa shape index (κ2) is 8.98. The zero-order valence-electron chi connectivity index (χ0n) is 15.5. The Kier molecular flexibility index (Phi) is 6.43. The van der Waals surface area contributed by atoms with Gasteiger partial charge >= 0.3 is 0 Å². The van der Waals surface area contributed by atoms with Crippen molar-refractivity contribution in [1.82, 2.24) is 4.90 Å². The molecule has 2 aromatic carbocycles. The Balaban J connectivity index is 1.82. The Morgan fingerprint density at radius 2 is 1.85 bits per heavy atom. The smallest absolute Gasteiger partial charge is 0.174 e. The standard InChI is InChI=1S/C22H22ClN3S/c1-16-9-10-20(12-17(16)2)25-22(27)26(14-18-6-5-11-24-13-18)15-19-7-3-4-8-21(19)23/h3-13H,14-15H2,1-2H3,(H,25,27)/p+1. The van der Waals surface area contributed by atoms with Crippen molar-refractivity contribution in [1.29, 1.82) is 0 Å². The van der Waals surface area contributed by atoms with Gasteiger partial charge in [0.25, 0.3) is 0 Å². The number of nitrogens with one attached hydrogen (secondary N) is 2. The maximum Gasteiger partial charge on any atom is 0.174 e. The second-order valence-electron chi connectivity index (χ2n) is 6.59. The monoisotopic (exact) mass is 396 g/mol. The third kappa shape index (κ3) is 5.28. The van der Waals surface area contributed by atoms with Gasteiger partial charge in [0.2, 0.25) is 0 Å². The summed E-state index contributed by atoms with van der Waals surface area (Å²) in [6.07, 6.45) is 3.88. The molecule has 0 amide bonds. The molecule has 0 aliphatic heterocycles. The summed E-state index contributed by atoms with van der Waals surface area (Å²) in [7, 11) is 0. The van der Waals surface area contributed by atoms with E-state index in [2.05, 4.69) is 53.3 Å². The molecule has 2 N–H and O–H groups in total. The molecule has 1 heterocycles. The highest BCUT2D eigenvalue weighted by molar-refractivity contribution is 7.80. The molecule has 3 nitrogen and oxygen atoms in total. The number of hydrogen-bond acceptors (Lipinski definition) is 1. The Morgan fingerprint density at radius 1 is 1.04 bits per heavy atom. The molecule has 3 aromatic rings. The Hall–Kier alpha value is -2.43. The minimum atomic E-state index is 0.630. The van der Waals surface area contributed by atoms with Gasteiger partial charge in [-0.1, -0.05) is 35.9 Å². The molecule has 0 unspecified atom stereocenters. The van der Waals surface area contributed by atoms with Gasteiger partial charge in [-0.3, -0.25) is 0 Å². The summed E-state index contributed by atoms with van der Waals surface area (Å²) < 4.78 is 0. The van der Waals surface area contributed by atoms with Gasteiger partial charge in [-0.15, -0.1) is 0 Å². The van der Waals surface area contributed by atoms with Crippen LogP contribution in [-0.2, 0) is 13.1 Å². The first kappa shape index (κ1) is 19.3. The van der Waals surface area contributed by atoms with Crippen LogP contribution in [0.25, 0.3) is 0 Å². The van der Waals surface area contributed by atoms with E-state index in [1.807, 2.05) is 42.7 Å². The lowest BCUT2D eigenvalue weighted by Crippen LogP contribution is -2.34. The fourth-order valence-corrected chi connectivity index (χ4v) is 3.25. The van der Waals surface area contributed by atoms with Gasteiger partial charge in [-0.05, 0) is 67.0 Å². The topological polar surface area (TPSA) is 29.4 Å². The number of hydrogen-bond donors (Lipinski definition) is 1. The highest BCUT2D eigenvalue weighted by Gasteiger charge is 2.14. The second-order valence-corrected chi connectivity index (χ2v) is 7.38. The van der Waals surface area contributed by atoms with Crippen LogP contribution >= 0.6 is 23.8 Å². The number of aromatic nitrogens is 1. The van der Waals surface area contributed by atoms with Crippen molar-refractivity contribution in [2.75, 3.05) is 5.32 Å². The van der Waals surface area contributed by atoms with Crippen LogP contribution in [-0.4, -0.2) is 10.0 Å². The zero-order chi connectivity index (χ0) is 19.2. The van der Waals surface area contributed by atoms with E-state index in [9.17, 15) is 0 Å². The Bertz CT molecular complexity index is 928. The van der Waals surface area contributed by atoms with E-state index in [-0.39, 0.29) is 0 Å². The highest BCUT2D eigenvalue weighted by Crippen LogP contribution is 2.20. The van der Waals surface area contributed by atoms with Gasteiger partial charge in [-0.25, -0.2) is 4.98 Å². The maximum absolute atomic E-state index is 6.38. The lowest BCUT2D eigenvalue weighted by molar-refractivity contribution is -0.378. The van der Waals surface area contributed by atoms with Crippen molar-refractivity contribution in [2.24, 2.45) is 0 Å². The SMILES string of the molecule is Cc1ccc(NC(=S)N(Cc2ccc[nH+]c2)Cc2ccccc2Cl)cc1C. The molecule has 0 atom stereocenters. The molecule has 0 aliphatic carbocycles. The average Bonchev–Trinajstić information content (AvgIpc) is 2.66. The predicted molar refractivity (Wildman–Crippen MR) is 116 cm³/mol. The maximum atomic E-state index is 6.38. The van der Waals surface area contributed by atoms with Crippen molar-refractivity contribution in [3.63, 3.8) is 0 Å². The number of H-pyrrole nitrogens is 1. The summed E-state index contributed by atoms with van der Waals surface area (Å²) in [6.45, 7) is 5.52. The molecule has 0 saturated carbocycles. The number of pyridine rings is 1. The van der Waals surface area contributed by atoms with Crippen LogP contribution in [0.15, 0.2) is 67.0 Å². The number of aromatic amines is 1. The summed E-state index contributed by atoms with van der Waals surface area (Å²) in [5, 5.41) is 4.79. The van der Waals surface area contributed by atoms with Crippen LogP contribution < -0.4 is 10.3 Å². The molecule has 5 heteroatoms. The van der Waals surface area contributed by atoms with Crippen molar-refractivity contribution in [3.05, 3.63) is 94.3 Å². The van der Waals surface area contributed by atoms with E-state index < -0.39 is 0 Å². The minimum absolute atomic E-state index is 0.630. The first-order valence-corrected chi connectivity index (χ1v) is 9.63. The molecule has 0 radical (unpaired) electrons. The third-order valence-corrected chi connectivity index (χ3v) is 5.24. The molecule has 138 valence electrons. The normalized spacial score (nSPS) is 10.5. The number of thiocarbonyl (C=S) groups is 1. The summed E-state index contributed by atoms with van der Waals surface area (Å²) in [5.74, 6) is 0. The number of aryl methyl sites for hydroxylation is 2. The quantitative estimate of drug-likeness (QED) is 0.603. The van der Waals surface area contributed by atoms with E-state index in [0.717, 1.165) is 21.8 Å². The van der Waals surface area contributed by atoms with Crippen LogP contribution in [0.1, 0.15) is 22.3 Å². The van der Waals surface area contributed by atoms with Crippen LogP contribution in [0.5, 0.6) is 0 Å². The van der Waals surface area contributed by atoms with Gasteiger partial charge in [0.05, 0.1) is 6.54 Å². The molecule has 0 bridgehead atoms. The van der Waals surface area contributed by atoms with Crippen LogP contribution in [0, 0.1) is 13.8 Å². The molecule has 0 fully saturated rings. The average molecular weight is 397 g/mol. The highest BCUT2D eigenvalue weighted by atomic mass is 35.5. The lowest BCUT2D eigenvalue weighted by Gasteiger charge is -2.26. The van der Waals surface area contributed by atoms with Gasteiger partial charge in [-0.2, -0.15) is 0 Å². The first-order valence-electron chi connectivity index (χ1n) is 8.84. The first-order chi connectivity index (χ1) is 13.0. The van der Waals surface area contributed by atoms with E-state index in [4.69, 9.17) is 23.8 Å². The van der Waals surface area contributed by atoms with Crippen LogP contribution in [0.4, 0.5) is 5.69 Å². The largest absolute Gasteiger partial charge is 0.340 e. The van der Waals surface area contributed by atoms with Crippen LogP contribution in [0.3, 0.4) is 0 Å². The van der Waals surface area contributed by atoms with Crippen molar-refractivity contribution >= 4 is 34.6 Å². The summed E-state index contributed by atoms with van der Waals surface area (Å²) in [4.78, 5) is 5.25. The number of halogens is 1. The molecule has 0 saturated heterocycles. The van der Waals surface area contributed by atoms with Crippen LogP contribution in [0.2, 0.25) is 5.02 Å². The number of rotatable bonds is 5. The Morgan fingerprint density at radius 3 is 2.56 bits per heavy atom. The molecule has 27 heavy (non-hydrogen) atoms. The fraction of sp³-hybridized carbons (Fsp3) is 0.182. The fourth-order valence-electron chi connectivity index (χ4n) is 2.80. The summed E-state index contributed by atoms with van der Waals surface area (Å²) in [5.41, 5.74) is 5.68. The number of nitrogens with zero attached hydrogens (tertiary/aromatic N) is 1. The van der Waals surface area contributed by atoms with Gasteiger partial charge in [0.15, 0.2) is 17.5 Å². The predicted octanol–water partition coefficient (Wildman–Crippen LogP) is 5.17. The van der Waals surface area contributed by atoms with E-state index >= 15 is 0 Å². The summed E-state index contributed by atoms with van der Waals surface area (Å²) >= 11 is 12.1. The molecular weight excluding hydrogens is 374 g/mol. The van der Waals surface area contributed by atoms with Crippen molar-refractivity contribution in [3.8, 4) is 0 Å². The van der Waals surface area contributed by atoms with E-state index in [1.54, 1.807) is 0 Å².